The van der Waals surface area contributed by atoms with Crippen molar-refractivity contribution in [2.24, 2.45) is 0 Å². The number of aromatic nitrogens is 2. The van der Waals surface area contributed by atoms with Crippen molar-refractivity contribution in [3.05, 3.63) is 57.0 Å². The number of amides is 1. The molecule has 27 heavy (non-hydrogen) atoms. The van der Waals surface area contributed by atoms with Crippen molar-refractivity contribution in [3.63, 3.8) is 0 Å². The van der Waals surface area contributed by atoms with Crippen molar-refractivity contribution in [1.82, 2.24) is 9.55 Å². The van der Waals surface area contributed by atoms with E-state index < -0.39 is 11.9 Å². The number of nitrogens with one attached hydrogen (secondary N) is 1. The van der Waals surface area contributed by atoms with Gasteiger partial charge in [0.1, 0.15) is 11.4 Å². The van der Waals surface area contributed by atoms with Crippen molar-refractivity contribution in [2.45, 2.75) is 27.3 Å². The maximum absolute atomic E-state index is 12.7. The minimum atomic E-state index is -0.516. The monoisotopic (exact) mass is 385 g/mol. The summed E-state index contributed by atoms with van der Waals surface area (Å²) in [6, 6.07) is 6.58. The van der Waals surface area contributed by atoms with E-state index in [4.69, 9.17) is 4.74 Å². The fourth-order valence-corrected chi connectivity index (χ4v) is 3.69. The lowest BCUT2D eigenvalue weighted by molar-refractivity contribution is -0.116. The molecule has 140 valence electrons. The number of esters is 1. The summed E-state index contributed by atoms with van der Waals surface area (Å²) in [6.45, 7) is 5.55. The molecule has 0 fully saturated rings. The molecule has 3 rings (SSSR count). The minimum absolute atomic E-state index is 0.201. The first kappa shape index (κ1) is 18.8. The molecule has 0 radical (unpaired) electrons. The molecular weight excluding hydrogens is 366 g/mol. The molecule has 3 aromatic rings. The summed E-state index contributed by atoms with van der Waals surface area (Å²) in [5.74, 6) is -0.947. The first-order valence-corrected chi connectivity index (χ1v) is 9.25. The average Bonchev–Trinajstić information content (AvgIpc) is 2.93. The van der Waals surface area contributed by atoms with Crippen molar-refractivity contribution in [1.29, 1.82) is 0 Å². The number of para-hydroxylation sites is 1. The van der Waals surface area contributed by atoms with E-state index in [2.05, 4.69) is 10.3 Å². The number of anilines is 1. The molecule has 2 heterocycles. The third kappa shape index (κ3) is 3.75. The summed E-state index contributed by atoms with van der Waals surface area (Å²) in [7, 11) is 0. The van der Waals surface area contributed by atoms with E-state index >= 15 is 0 Å². The van der Waals surface area contributed by atoms with Gasteiger partial charge in [0, 0.05) is 4.88 Å². The lowest BCUT2D eigenvalue weighted by Gasteiger charge is -2.11. The predicted molar refractivity (Wildman–Crippen MR) is 104 cm³/mol. The average molecular weight is 385 g/mol. The highest BCUT2D eigenvalue weighted by Crippen LogP contribution is 2.25. The number of hydrogen-bond donors (Lipinski definition) is 1. The summed E-state index contributed by atoms with van der Waals surface area (Å²) >= 11 is 1.46. The zero-order valence-electron chi connectivity index (χ0n) is 15.2. The zero-order chi connectivity index (χ0) is 19.6. The number of benzene rings is 1. The first-order valence-electron chi connectivity index (χ1n) is 8.43. The number of thiophene rings is 1. The Hall–Kier alpha value is -3.00. The Morgan fingerprint density at radius 3 is 2.74 bits per heavy atom. The van der Waals surface area contributed by atoms with Crippen molar-refractivity contribution < 1.29 is 14.3 Å². The molecule has 1 aromatic carbocycles. The Bertz CT molecular complexity index is 1080. The third-order valence-electron chi connectivity index (χ3n) is 4.17. The minimum Gasteiger partial charge on any atom is -0.462 e. The summed E-state index contributed by atoms with van der Waals surface area (Å²) in [6.07, 6.45) is 1.37. The molecule has 0 saturated carbocycles. The van der Waals surface area contributed by atoms with E-state index in [1.54, 1.807) is 31.2 Å². The van der Waals surface area contributed by atoms with Gasteiger partial charge in [-0.25, -0.2) is 9.78 Å². The summed E-state index contributed by atoms with van der Waals surface area (Å²) in [5, 5.41) is 3.21. The zero-order valence-corrected chi connectivity index (χ0v) is 16.1. The molecule has 1 amide bonds. The molecule has 0 aliphatic heterocycles. The van der Waals surface area contributed by atoms with Crippen LogP contribution in [0.3, 0.4) is 0 Å². The molecule has 0 saturated heterocycles. The normalized spacial score (nSPS) is 10.8. The second-order valence-corrected chi connectivity index (χ2v) is 7.16. The Kier molecular flexibility index (Phi) is 5.36. The Labute approximate surface area is 159 Å². The molecule has 2 aromatic heterocycles. The molecule has 0 aliphatic carbocycles. The number of hydrogen-bond acceptors (Lipinski definition) is 6. The second-order valence-electron chi connectivity index (χ2n) is 5.96. The van der Waals surface area contributed by atoms with Gasteiger partial charge in [0.05, 0.1) is 29.6 Å². The van der Waals surface area contributed by atoms with Gasteiger partial charge in [0.2, 0.25) is 5.91 Å². The van der Waals surface area contributed by atoms with Crippen LogP contribution in [0.5, 0.6) is 0 Å². The van der Waals surface area contributed by atoms with Crippen LogP contribution < -0.4 is 10.9 Å². The number of ether oxygens (including phenoxy) is 1. The van der Waals surface area contributed by atoms with Gasteiger partial charge >= 0.3 is 5.97 Å². The van der Waals surface area contributed by atoms with Gasteiger partial charge in [0.25, 0.3) is 5.56 Å². The Balaban J connectivity index is 1.84. The number of aryl methyl sites for hydroxylation is 2. The summed E-state index contributed by atoms with van der Waals surface area (Å²) < 4.78 is 6.26. The van der Waals surface area contributed by atoms with Gasteiger partial charge in [-0.15, -0.1) is 11.3 Å². The quantitative estimate of drug-likeness (QED) is 0.682. The molecule has 0 aliphatic rings. The maximum atomic E-state index is 12.7. The largest absolute Gasteiger partial charge is 0.462 e. The van der Waals surface area contributed by atoms with Crippen molar-refractivity contribution >= 4 is 39.1 Å². The topological polar surface area (TPSA) is 90.3 Å². The number of carbonyl (C=O) groups is 2. The Morgan fingerprint density at radius 1 is 1.26 bits per heavy atom. The van der Waals surface area contributed by atoms with E-state index in [0.717, 1.165) is 10.4 Å². The van der Waals surface area contributed by atoms with Crippen LogP contribution in [0.1, 0.15) is 27.7 Å². The highest BCUT2D eigenvalue weighted by atomic mass is 32.1. The van der Waals surface area contributed by atoms with E-state index in [0.29, 0.717) is 15.9 Å². The van der Waals surface area contributed by atoms with Gasteiger partial charge < -0.3 is 10.1 Å². The molecule has 0 spiro atoms. The fraction of sp³-hybridized carbons (Fsp3) is 0.263. The van der Waals surface area contributed by atoms with E-state index in [1.165, 1.54) is 22.2 Å². The van der Waals surface area contributed by atoms with Crippen LogP contribution in [0.4, 0.5) is 5.69 Å². The molecule has 0 bridgehead atoms. The third-order valence-corrected chi connectivity index (χ3v) is 5.28. The van der Waals surface area contributed by atoms with Crippen LogP contribution in [0.15, 0.2) is 35.4 Å². The number of carbonyl (C=O) groups excluding carboxylic acids is 2. The second kappa shape index (κ2) is 7.71. The SMILES string of the molecule is CCOC(=O)c1ccccc1NC(=O)Cn1cnc2sc(C)c(C)c2c1=O. The highest BCUT2D eigenvalue weighted by molar-refractivity contribution is 7.18. The summed E-state index contributed by atoms with van der Waals surface area (Å²) in [4.78, 5) is 43.1. The van der Waals surface area contributed by atoms with Gasteiger partial charge in [-0.1, -0.05) is 12.1 Å². The molecule has 7 nitrogen and oxygen atoms in total. The van der Waals surface area contributed by atoms with Gasteiger partial charge in [-0.3, -0.25) is 14.2 Å². The molecule has 1 N–H and O–H groups in total. The molecular formula is C19H19N3O4S. The molecule has 0 atom stereocenters. The smallest absolute Gasteiger partial charge is 0.340 e. The number of rotatable bonds is 5. The maximum Gasteiger partial charge on any atom is 0.340 e. The summed E-state index contributed by atoms with van der Waals surface area (Å²) in [5.41, 5.74) is 1.23. The van der Waals surface area contributed by atoms with E-state index in [-0.39, 0.29) is 24.3 Å². The van der Waals surface area contributed by atoms with Gasteiger partial charge in [-0.05, 0) is 38.5 Å². The molecule has 8 heteroatoms. The van der Waals surface area contributed by atoms with Crippen LogP contribution in [0, 0.1) is 13.8 Å². The van der Waals surface area contributed by atoms with Gasteiger partial charge in [0.15, 0.2) is 0 Å². The number of nitrogens with zero attached hydrogens (tertiary/aromatic N) is 2. The highest BCUT2D eigenvalue weighted by Gasteiger charge is 2.16. The van der Waals surface area contributed by atoms with Crippen LogP contribution >= 0.6 is 11.3 Å². The van der Waals surface area contributed by atoms with E-state index in [9.17, 15) is 14.4 Å². The lowest BCUT2D eigenvalue weighted by Crippen LogP contribution is -2.28. The predicted octanol–water partition coefficient (Wildman–Crippen LogP) is 2.89. The van der Waals surface area contributed by atoms with Crippen LogP contribution in [-0.4, -0.2) is 28.0 Å². The Morgan fingerprint density at radius 2 is 2.00 bits per heavy atom. The van der Waals surface area contributed by atoms with E-state index in [1.807, 2.05) is 13.8 Å². The van der Waals surface area contributed by atoms with Crippen molar-refractivity contribution in [2.75, 3.05) is 11.9 Å². The lowest BCUT2D eigenvalue weighted by atomic mass is 10.2. The first-order chi connectivity index (χ1) is 12.9. The van der Waals surface area contributed by atoms with Crippen LogP contribution in [0.2, 0.25) is 0 Å². The van der Waals surface area contributed by atoms with Crippen molar-refractivity contribution in [3.8, 4) is 0 Å². The standard InChI is InChI=1S/C19H19N3O4S/c1-4-26-19(25)13-7-5-6-8-14(13)21-15(23)9-22-10-20-17-16(18(22)24)11(2)12(3)27-17/h5-8,10H,4,9H2,1-3H3,(H,21,23). The fourth-order valence-electron chi connectivity index (χ4n) is 2.71. The van der Waals surface area contributed by atoms with Crippen LogP contribution in [-0.2, 0) is 16.1 Å². The number of fused-ring (bicyclic) bond motifs is 1. The van der Waals surface area contributed by atoms with Crippen LogP contribution in [0.25, 0.3) is 10.2 Å². The molecule has 0 unspecified atom stereocenters. The van der Waals surface area contributed by atoms with Gasteiger partial charge in [-0.2, -0.15) is 0 Å².